The molecule has 7 nitrogen and oxygen atoms in total. The van der Waals surface area contributed by atoms with Gasteiger partial charge in [0.1, 0.15) is 0 Å². The van der Waals surface area contributed by atoms with E-state index in [1.165, 1.54) is 16.4 Å². The minimum absolute atomic E-state index is 0.122. The van der Waals surface area contributed by atoms with Crippen LogP contribution in [0.3, 0.4) is 0 Å². The molecule has 8 heteroatoms. The maximum absolute atomic E-state index is 12.6. The Labute approximate surface area is 179 Å². The number of aromatic nitrogens is 1. The van der Waals surface area contributed by atoms with Gasteiger partial charge in [-0.15, -0.1) is 0 Å². The number of piperidine rings is 1. The average molecular weight is 431 g/mol. The lowest BCUT2D eigenvalue weighted by atomic mass is 10.0. The highest BCUT2D eigenvalue weighted by molar-refractivity contribution is 7.89. The highest BCUT2D eigenvalue weighted by Gasteiger charge is 2.23. The molecule has 0 spiro atoms. The van der Waals surface area contributed by atoms with E-state index in [-0.39, 0.29) is 16.8 Å². The molecule has 0 aliphatic carbocycles. The summed E-state index contributed by atoms with van der Waals surface area (Å²) in [5.74, 6) is -0.162. The number of carbonyl (C=O) groups is 1. The number of nitrogens with zero attached hydrogens (tertiary/aromatic N) is 3. The molecule has 2 heterocycles. The van der Waals surface area contributed by atoms with Gasteiger partial charge in [0, 0.05) is 50.5 Å². The second-order valence-corrected chi connectivity index (χ2v) is 9.40. The first-order valence-electron chi connectivity index (χ1n) is 10.5. The van der Waals surface area contributed by atoms with Crippen molar-refractivity contribution in [3.8, 4) is 0 Å². The molecule has 0 radical (unpaired) electrons. The van der Waals surface area contributed by atoms with Gasteiger partial charge in [0.15, 0.2) is 0 Å². The molecule has 1 amide bonds. The number of hydrogen-bond donors (Lipinski definition) is 1. The zero-order chi connectivity index (χ0) is 21.6. The lowest BCUT2D eigenvalue weighted by Gasteiger charge is -2.32. The first kappa shape index (κ1) is 22.4. The zero-order valence-corrected chi connectivity index (χ0v) is 18.4. The molecule has 1 fully saturated rings. The molecule has 30 heavy (non-hydrogen) atoms. The van der Waals surface area contributed by atoms with Gasteiger partial charge in [-0.1, -0.05) is 19.9 Å². The normalized spacial score (nSPS) is 16.0. The number of benzene rings is 1. The van der Waals surface area contributed by atoms with Crippen LogP contribution in [0.25, 0.3) is 0 Å². The van der Waals surface area contributed by atoms with Crippen molar-refractivity contribution in [1.82, 2.24) is 19.5 Å². The summed E-state index contributed by atoms with van der Waals surface area (Å²) in [5.41, 5.74) is 1.53. The Balaban J connectivity index is 1.53. The molecular weight excluding hydrogens is 400 g/mol. The molecule has 1 saturated heterocycles. The Morgan fingerprint density at radius 1 is 1.10 bits per heavy atom. The standard InChI is InChI=1S/C22H30N4O3S/c1-3-26(4-2)30(28,29)21-10-8-18(9-11-21)22(27)24-19-12-15-25(16-13-19)17-20-7-5-6-14-23-20/h5-11,14,19H,3-4,12-13,15-17H2,1-2H3,(H,24,27). The minimum Gasteiger partial charge on any atom is -0.349 e. The number of rotatable bonds is 8. The molecule has 1 aromatic heterocycles. The summed E-state index contributed by atoms with van der Waals surface area (Å²) in [5, 5.41) is 3.08. The SMILES string of the molecule is CCN(CC)S(=O)(=O)c1ccc(C(=O)NC2CCN(Cc3ccccn3)CC2)cc1. The van der Waals surface area contributed by atoms with Crippen LogP contribution in [-0.2, 0) is 16.6 Å². The van der Waals surface area contributed by atoms with E-state index in [0.717, 1.165) is 38.2 Å². The highest BCUT2D eigenvalue weighted by Crippen LogP contribution is 2.17. The molecular formula is C22H30N4O3S. The van der Waals surface area contributed by atoms with Crippen molar-refractivity contribution < 1.29 is 13.2 Å². The molecule has 0 unspecified atom stereocenters. The fraction of sp³-hybridized carbons (Fsp3) is 0.455. The quantitative estimate of drug-likeness (QED) is 0.696. The lowest BCUT2D eigenvalue weighted by molar-refractivity contribution is 0.0908. The highest BCUT2D eigenvalue weighted by atomic mass is 32.2. The van der Waals surface area contributed by atoms with Crippen LogP contribution in [0.5, 0.6) is 0 Å². The first-order valence-corrected chi connectivity index (χ1v) is 11.9. The second kappa shape index (κ2) is 10.1. The molecule has 0 atom stereocenters. The van der Waals surface area contributed by atoms with Gasteiger partial charge in [-0.05, 0) is 49.2 Å². The Hall–Kier alpha value is -2.29. The van der Waals surface area contributed by atoms with Crippen LogP contribution >= 0.6 is 0 Å². The molecule has 3 rings (SSSR count). The molecule has 0 saturated carbocycles. The van der Waals surface area contributed by atoms with Gasteiger partial charge in [-0.25, -0.2) is 8.42 Å². The third-order valence-electron chi connectivity index (χ3n) is 5.49. The number of sulfonamides is 1. The van der Waals surface area contributed by atoms with Gasteiger partial charge < -0.3 is 5.32 Å². The number of pyridine rings is 1. The van der Waals surface area contributed by atoms with Crippen LogP contribution in [-0.4, -0.2) is 60.7 Å². The van der Waals surface area contributed by atoms with Crippen molar-refractivity contribution in [3.63, 3.8) is 0 Å². The van der Waals surface area contributed by atoms with Crippen molar-refractivity contribution in [2.45, 2.75) is 44.2 Å². The van der Waals surface area contributed by atoms with Gasteiger partial charge in [0.25, 0.3) is 5.91 Å². The monoisotopic (exact) mass is 430 g/mol. The molecule has 0 bridgehead atoms. The predicted molar refractivity (Wildman–Crippen MR) is 117 cm³/mol. The number of likely N-dealkylation sites (tertiary alicyclic amines) is 1. The van der Waals surface area contributed by atoms with E-state index >= 15 is 0 Å². The lowest BCUT2D eigenvalue weighted by Crippen LogP contribution is -2.44. The maximum Gasteiger partial charge on any atom is 0.251 e. The molecule has 1 aliphatic heterocycles. The Morgan fingerprint density at radius 3 is 2.33 bits per heavy atom. The third kappa shape index (κ3) is 5.44. The summed E-state index contributed by atoms with van der Waals surface area (Å²) in [7, 11) is -3.51. The average Bonchev–Trinajstić information content (AvgIpc) is 2.76. The van der Waals surface area contributed by atoms with E-state index < -0.39 is 10.0 Å². The molecule has 1 aromatic carbocycles. The van der Waals surface area contributed by atoms with Crippen molar-refractivity contribution in [2.24, 2.45) is 0 Å². The van der Waals surface area contributed by atoms with E-state index in [9.17, 15) is 13.2 Å². The molecule has 1 N–H and O–H groups in total. The van der Waals surface area contributed by atoms with Gasteiger partial charge in [0.05, 0.1) is 10.6 Å². The van der Waals surface area contributed by atoms with Crippen LogP contribution in [0.2, 0.25) is 0 Å². The van der Waals surface area contributed by atoms with E-state index in [0.29, 0.717) is 18.7 Å². The van der Waals surface area contributed by atoms with Gasteiger partial charge >= 0.3 is 0 Å². The predicted octanol–water partition coefficient (Wildman–Crippen LogP) is 2.51. The number of carbonyl (C=O) groups excluding carboxylic acids is 1. The van der Waals surface area contributed by atoms with E-state index in [1.54, 1.807) is 18.3 Å². The van der Waals surface area contributed by atoms with Crippen molar-refractivity contribution >= 4 is 15.9 Å². The van der Waals surface area contributed by atoms with Crippen LogP contribution in [0.1, 0.15) is 42.7 Å². The second-order valence-electron chi connectivity index (χ2n) is 7.46. The van der Waals surface area contributed by atoms with Crippen LogP contribution in [0, 0.1) is 0 Å². The topological polar surface area (TPSA) is 82.6 Å². The summed E-state index contributed by atoms with van der Waals surface area (Å²) in [4.78, 5) is 19.5. The minimum atomic E-state index is -3.51. The summed E-state index contributed by atoms with van der Waals surface area (Å²) >= 11 is 0. The fourth-order valence-corrected chi connectivity index (χ4v) is 5.17. The van der Waals surface area contributed by atoms with Crippen molar-refractivity contribution in [1.29, 1.82) is 0 Å². The summed E-state index contributed by atoms with van der Waals surface area (Å²) in [6.45, 7) is 7.09. The smallest absolute Gasteiger partial charge is 0.251 e. The van der Waals surface area contributed by atoms with Gasteiger partial charge in [-0.3, -0.25) is 14.7 Å². The van der Waals surface area contributed by atoms with E-state index in [2.05, 4.69) is 15.2 Å². The van der Waals surface area contributed by atoms with E-state index in [4.69, 9.17) is 0 Å². The first-order chi connectivity index (χ1) is 14.4. The van der Waals surface area contributed by atoms with Crippen LogP contribution in [0.4, 0.5) is 0 Å². The number of amides is 1. The van der Waals surface area contributed by atoms with Crippen molar-refractivity contribution in [3.05, 3.63) is 59.9 Å². The summed E-state index contributed by atoms with van der Waals surface area (Å²) < 4.78 is 26.5. The Kier molecular flexibility index (Phi) is 7.58. The summed E-state index contributed by atoms with van der Waals surface area (Å²) in [6.07, 6.45) is 3.57. The fourth-order valence-electron chi connectivity index (χ4n) is 3.72. The number of nitrogens with one attached hydrogen (secondary N) is 1. The van der Waals surface area contributed by atoms with E-state index in [1.807, 2.05) is 32.0 Å². The molecule has 2 aromatic rings. The van der Waals surface area contributed by atoms with Crippen molar-refractivity contribution in [2.75, 3.05) is 26.2 Å². The largest absolute Gasteiger partial charge is 0.349 e. The third-order valence-corrected chi connectivity index (χ3v) is 7.56. The summed E-state index contributed by atoms with van der Waals surface area (Å²) in [6, 6.07) is 12.2. The van der Waals surface area contributed by atoms with Gasteiger partial charge in [-0.2, -0.15) is 4.31 Å². The number of hydrogen-bond acceptors (Lipinski definition) is 5. The van der Waals surface area contributed by atoms with Gasteiger partial charge in [0.2, 0.25) is 10.0 Å². The molecule has 1 aliphatic rings. The molecule has 162 valence electrons. The van der Waals surface area contributed by atoms with Crippen LogP contribution in [0.15, 0.2) is 53.6 Å². The zero-order valence-electron chi connectivity index (χ0n) is 17.6. The Morgan fingerprint density at radius 2 is 1.77 bits per heavy atom. The maximum atomic E-state index is 12.6. The Bertz CT molecular complexity index is 921. The van der Waals surface area contributed by atoms with Crippen LogP contribution < -0.4 is 5.32 Å².